The van der Waals surface area contributed by atoms with Crippen LogP contribution >= 0.6 is 0 Å². The molecule has 1 aliphatic rings. The molecule has 4 rings (SSSR count). The van der Waals surface area contributed by atoms with Crippen molar-refractivity contribution < 1.29 is 23.8 Å². The van der Waals surface area contributed by atoms with Gasteiger partial charge in [-0.05, 0) is 55.7 Å². The normalized spacial score (nSPS) is 14.5. The number of ether oxygens (including phenoxy) is 1. The van der Waals surface area contributed by atoms with E-state index in [-0.39, 0.29) is 31.0 Å². The Morgan fingerprint density at radius 3 is 2.58 bits per heavy atom. The minimum atomic E-state index is -1.10. The fourth-order valence-electron chi connectivity index (χ4n) is 3.97. The van der Waals surface area contributed by atoms with Gasteiger partial charge in [-0.3, -0.25) is 14.6 Å². The highest BCUT2D eigenvalue weighted by atomic mass is 19.1. The Bertz CT molecular complexity index is 1200. The minimum absolute atomic E-state index is 0.180. The molecule has 2 aromatic carbocycles. The third-order valence-corrected chi connectivity index (χ3v) is 5.64. The number of fused-ring (bicyclic) bond motifs is 1. The lowest BCUT2D eigenvalue weighted by molar-refractivity contribution is -0.145. The van der Waals surface area contributed by atoms with E-state index in [9.17, 15) is 19.1 Å². The number of carbonyl (C=O) groups is 2. The first-order valence-corrected chi connectivity index (χ1v) is 11.2. The summed E-state index contributed by atoms with van der Waals surface area (Å²) in [5.41, 5.74) is 4.34. The summed E-state index contributed by atoms with van der Waals surface area (Å²) in [7, 11) is 0. The summed E-state index contributed by atoms with van der Waals surface area (Å²) in [5, 5.41) is 11.0. The number of carbonyl (C=O) groups excluding carboxylic acids is 2. The first-order valence-electron chi connectivity index (χ1n) is 11.2. The van der Waals surface area contributed by atoms with Gasteiger partial charge in [0, 0.05) is 28.9 Å². The molecule has 33 heavy (non-hydrogen) atoms. The van der Waals surface area contributed by atoms with Crippen molar-refractivity contribution in [1.29, 1.82) is 0 Å². The topological polar surface area (TPSA) is 76.5 Å². The van der Waals surface area contributed by atoms with Crippen LogP contribution in [0.15, 0.2) is 54.6 Å². The quantitative estimate of drug-likeness (QED) is 0.360. The molecule has 170 valence electrons. The van der Waals surface area contributed by atoms with Gasteiger partial charge in [-0.1, -0.05) is 30.3 Å². The number of aliphatic hydroxyl groups is 1. The van der Waals surface area contributed by atoms with Gasteiger partial charge in [0.2, 0.25) is 0 Å². The number of pyridine rings is 1. The van der Waals surface area contributed by atoms with Crippen molar-refractivity contribution in [3.8, 4) is 11.1 Å². The number of ketones is 1. The summed E-state index contributed by atoms with van der Waals surface area (Å²) in [4.78, 5) is 29.0. The van der Waals surface area contributed by atoms with Crippen LogP contribution in [0, 0.1) is 5.82 Å². The van der Waals surface area contributed by atoms with Gasteiger partial charge in [0.15, 0.2) is 5.78 Å². The molecule has 0 saturated heterocycles. The molecule has 3 aromatic rings. The van der Waals surface area contributed by atoms with Crippen molar-refractivity contribution in [3.63, 3.8) is 0 Å². The molecule has 1 N–H and O–H groups in total. The van der Waals surface area contributed by atoms with E-state index in [0.29, 0.717) is 5.92 Å². The average molecular weight is 448 g/mol. The van der Waals surface area contributed by atoms with Crippen LogP contribution in [0.25, 0.3) is 28.1 Å². The second-order valence-corrected chi connectivity index (χ2v) is 8.25. The molecule has 1 aliphatic carbocycles. The van der Waals surface area contributed by atoms with Gasteiger partial charge in [0.1, 0.15) is 5.82 Å². The fraction of sp³-hybridized carbons (Fsp3) is 0.296. The molecule has 1 saturated carbocycles. The van der Waals surface area contributed by atoms with E-state index in [4.69, 9.17) is 9.72 Å². The lowest BCUT2D eigenvalue weighted by atomic mass is 9.92. The standard InChI is InChI=1S/C27H26FNO4/c1-2-33-25(32)16-21(31)15-20(30)13-14-23-26(17-9-11-19(28)12-10-17)22-5-3-4-6-24(22)29-27(23)18-7-8-18/h3-6,9-14,18,21,31H,2,7-8,15-16H2,1H3/t21-/m1/s1. The largest absolute Gasteiger partial charge is 0.466 e. The van der Waals surface area contributed by atoms with Crippen LogP contribution in [-0.2, 0) is 14.3 Å². The Balaban J connectivity index is 1.71. The molecule has 0 spiro atoms. The zero-order valence-corrected chi connectivity index (χ0v) is 18.5. The van der Waals surface area contributed by atoms with Gasteiger partial charge in [0.05, 0.1) is 30.3 Å². The monoisotopic (exact) mass is 447 g/mol. The third kappa shape index (κ3) is 5.52. The average Bonchev–Trinajstić information content (AvgIpc) is 3.63. The number of hydrogen-bond acceptors (Lipinski definition) is 5. The summed E-state index contributed by atoms with van der Waals surface area (Å²) < 4.78 is 18.4. The molecular formula is C27H26FNO4. The fourth-order valence-corrected chi connectivity index (χ4v) is 3.97. The Kier molecular flexibility index (Phi) is 6.94. The molecule has 1 aromatic heterocycles. The van der Waals surface area contributed by atoms with E-state index in [1.165, 1.54) is 18.2 Å². The molecule has 0 amide bonds. The lowest BCUT2D eigenvalue weighted by Gasteiger charge is -2.15. The van der Waals surface area contributed by atoms with E-state index in [1.807, 2.05) is 24.3 Å². The minimum Gasteiger partial charge on any atom is -0.466 e. The third-order valence-electron chi connectivity index (χ3n) is 5.64. The van der Waals surface area contributed by atoms with Crippen LogP contribution in [-0.4, -0.2) is 34.6 Å². The number of hydrogen-bond donors (Lipinski definition) is 1. The number of para-hydroxylation sites is 1. The Labute approximate surface area is 191 Å². The number of esters is 1. The van der Waals surface area contributed by atoms with Crippen molar-refractivity contribution >= 4 is 28.7 Å². The lowest BCUT2D eigenvalue weighted by Crippen LogP contribution is -2.18. The van der Waals surface area contributed by atoms with E-state index < -0.39 is 12.1 Å². The van der Waals surface area contributed by atoms with Crippen LogP contribution in [0.3, 0.4) is 0 Å². The molecule has 0 aliphatic heterocycles. The van der Waals surface area contributed by atoms with Gasteiger partial charge in [-0.15, -0.1) is 0 Å². The molecule has 1 heterocycles. The van der Waals surface area contributed by atoms with Crippen molar-refractivity contribution in [3.05, 3.63) is 71.7 Å². The van der Waals surface area contributed by atoms with Crippen LogP contribution in [0.1, 0.15) is 49.8 Å². The van der Waals surface area contributed by atoms with Crippen molar-refractivity contribution in [1.82, 2.24) is 4.98 Å². The maximum absolute atomic E-state index is 13.6. The Morgan fingerprint density at radius 1 is 1.15 bits per heavy atom. The number of aliphatic hydroxyl groups excluding tert-OH is 1. The van der Waals surface area contributed by atoms with Gasteiger partial charge in [-0.25, -0.2) is 4.39 Å². The zero-order chi connectivity index (χ0) is 23.4. The maximum atomic E-state index is 13.6. The van der Waals surface area contributed by atoms with E-state index >= 15 is 0 Å². The molecule has 1 atom stereocenters. The molecule has 5 nitrogen and oxygen atoms in total. The van der Waals surface area contributed by atoms with Crippen LogP contribution in [0.5, 0.6) is 0 Å². The van der Waals surface area contributed by atoms with Crippen LogP contribution in [0.2, 0.25) is 0 Å². The molecule has 6 heteroatoms. The Hall–Kier alpha value is -3.38. The zero-order valence-electron chi connectivity index (χ0n) is 18.5. The number of halogens is 1. The van der Waals surface area contributed by atoms with Gasteiger partial charge in [-0.2, -0.15) is 0 Å². The molecule has 0 bridgehead atoms. The first-order chi connectivity index (χ1) is 16.0. The van der Waals surface area contributed by atoms with Gasteiger partial charge in [0.25, 0.3) is 0 Å². The molecular weight excluding hydrogens is 421 g/mol. The van der Waals surface area contributed by atoms with E-state index in [0.717, 1.165) is 46.1 Å². The van der Waals surface area contributed by atoms with Crippen LogP contribution in [0.4, 0.5) is 4.39 Å². The van der Waals surface area contributed by atoms with Crippen LogP contribution < -0.4 is 0 Å². The maximum Gasteiger partial charge on any atom is 0.308 e. The molecule has 0 unspecified atom stereocenters. The second-order valence-electron chi connectivity index (χ2n) is 8.25. The number of benzene rings is 2. The van der Waals surface area contributed by atoms with E-state index in [2.05, 4.69) is 0 Å². The van der Waals surface area contributed by atoms with E-state index in [1.54, 1.807) is 25.1 Å². The highest BCUT2D eigenvalue weighted by molar-refractivity contribution is 6.02. The number of aromatic nitrogens is 1. The predicted octanol–water partition coefficient (Wildman–Crippen LogP) is 5.20. The van der Waals surface area contributed by atoms with Crippen molar-refractivity contribution in [2.24, 2.45) is 0 Å². The number of nitrogens with zero attached hydrogens (tertiary/aromatic N) is 1. The van der Waals surface area contributed by atoms with Crippen molar-refractivity contribution in [2.45, 2.75) is 44.6 Å². The van der Waals surface area contributed by atoms with Gasteiger partial charge < -0.3 is 9.84 Å². The SMILES string of the molecule is CCOC(=O)C[C@H](O)CC(=O)C=Cc1c(C2CC2)nc2ccccc2c1-c1ccc(F)cc1. The molecule has 0 radical (unpaired) electrons. The van der Waals surface area contributed by atoms with Crippen molar-refractivity contribution in [2.75, 3.05) is 6.61 Å². The smallest absolute Gasteiger partial charge is 0.308 e. The number of allylic oxidation sites excluding steroid dienone is 1. The van der Waals surface area contributed by atoms with Gasteiger partial charge >= 0.3 is 5.97 Å². The summed E-state index contributed by atoms with van der Waals surface area (Å²) in [6.45, 7) is 1.91. The predicted molar refractivity (Wildman–Crippen MR) is 125 cm³/mol. The highest BCUT2D eigenvalue weighted by Crippen LogP contribution is 2.45. The summed E-state index contributed by atoms with van der Waals surface area (Å²) in [6.07, 6.45) is 3.72. The summed E-state index contributed by atoms with van der Waals surface area (Å²) in [5.74, 6) is -0.831. The summed E-state index contributed by atoms with van der Waals surface area (Å²) in [6, 6.07) is 14.1. The first kappa shape index (κ1) is 22.8. The number of rotatable bonds is 9. The second kappa shape index (κ2) is 10.0. The Morgan fingerprint density at radius 2 is 1.88 bits per heavy atom. The summed E-state index contributed by atoms with van der Waals surface area (Å²) >= 11 is 0. The highest BCUT2D eigenvalue weighted by Gasteiger charge is 2.29. The molecule has 1 fully saturated rings.